The number of amides is 1. The van der Waals surface area contributed by atoms with Crippen LogP contribution in [0, 0.1) is 5.92 Å². The number of anilines is 2. The average Bonchev–Trinajstić information content (AvgIpc) is 3.03. The molecule has 2 fully saturated rings. The zero-order valence-corrected chi connectivity index (χ0v) is 12.0. The molecule has 1 aliphatic heterocycles. The summed E-state index contributed by atoms with van der Waals surface area (Å²) in [6, 6.07) is 0.581. The summed E-state index contributed by atoms with van der Waals surface area (Å²) in [4.78, 5) is 14.4. The molecule has 1 aromatic heterocycles. The zero-order valence-electron chi connectivity index (χ0n) is 11.2. The number of piperidine rings is 1. The standard InChI is InChI=1S/C13H20N4OS/c1-15-12(18)10-11(14)16-19-13(10)17-7-3-5-8-4-2-6-9(8)17/h8-9H,2-7H2,1H3,(H2,14,16)(H,15,18). The van der Waals surface area contributed by atoms with Crippen molar-refractivity contribution in [3.63, 3.8) is 0 Å². The molecule has 0 spiro atoms. The topological polar surface area (TPSA) is 71.2 Å². The molecular formula is C13H20N4OS. The predicted octanol–water partition coefficient (Wildman–Crippen LogP) is 1.85. The normalized spacial score (nSPS) is 26.3. The number of nitrogens with one attached hydrogen (secondary N) is 1. The van der Waals surface area contributed by atoms with Crippen molar-refractivity contribution in [2.24, 2.45) is 5.92 Å². The summed E-state index contributed by atoms with van der Waals surface area (Å²) in [6.07, 6.45) is 6.38. The van der Waals surface area contributed by atoms with E-state index in [1.165, 1.54) is 43.6 Å². The first kappa shape index (κ1) is 12.7. The lowest BCUT2D eigenvalue weighted by Crippen LogP contribution is -2.43. The van der Waals surface area contributed by atoms with E-state index in [-0.39, 0.29) is 5.91 Å². The molecule has 2 aliphatic rings. The van der Waals surface area contributed by atoms with E-state index in [0.717, 1.165) is 17.5 Å². The SMILES string of the molecule is CNC(=O)c1c(N)nsc1N1CCCC2CCCC21. The van der Waals surface area contributed by atoms with Gasteiger partial charge in [-0.05, 0) is 43.1 Å². The van der Waals surface area contributed by atoms with Gasteiger partial charge in [0.05, 0.1) is 0 Å². The van der Waals surface area contributed by atoms with E-state index < -0.39 is 0 Å². The Bertz CT molecular complexity index is 487. The summed E-state index contributed by atoms with van der Waals surface area (Å²) in [7, 11) is 1.64. The van der Waals surface area contributed by atoms with Gasteiger partial charge in [0.15, 0.2) is 5.82 Å². The molecular weight excluding hydrogens is 260 g/mol. The minimum atomic E-state index is -0.124. The largest absolute Gasteiger partial charge is 0.382 e. The van der Waals surface area contributed by atoms with Crippen LogP contribution in [0.15, 0.2) is 0 Å². The number of rotatable bonds is 2. The highest BCUT2D eigenvalue weighted by Crippen LogP contribution is 2.42. The van der Waals surface area contributed by atoms with Gasteiger partial charge in [0, 0.05) is 19.6 Å². The Morgan fingerprint density at radius 1 is 1.42 bits per heavy atom. The van der Waals surface area contributed by atoms with Crippen molar-refractivity contribution in [3.05, 3.63) is 5.56 Å². The van der Waals surface area contributed by atoms with E-state index in [0.29, 0.717) is 17.4 Å². The maximum absolute atomic E-state index is 12.0. The zero-order chi connectivity index (χ0) is 13.4. The molecule has 1 amide bonds. The molecule has 6 heteroatoms. The Morgan fingerprint density at radius 3 is 3.00 bits per heavy atom. The van der Waals surface area contributed by atoms with Crippen molar-refractivity contribution >= 4 is 28.3 Å². The van der Waals surface area contributed by atoms with Crippen LogP contribution in [0.4, 0.5) is 10.8 Å². The number of nitrogens with two attached hydrogens (primary N) is 1. The smallest absolute Gasteiger partial charge is 0.257 e. The second-order valence-corrected chi connectivity index (χ2v) is 6.17. The minimum absolute atomic E-state index is 0.124. The summed E-state index contributed by atoms with van der Waals surface area (Å²) in [6.45, 7) is 1.02. The highest BCUT2D eigenvalue weighted by molar-refractivity contribution is 7.11. The van der Waals surface area contributed by atoms with Gasteiger partial charge in [-0.1, -0.05) is 6.42 Å². The maximum Gasteiger partial charge on any atom is 0.257 e. The highest BCUT2D eigenvalue weighted by atomic mass is 32.1. The third-order valence-electron chi connectivity index (χ3n) is 4.41. The minimum Gasteiger partial charge on any atom is -0.382 e. The van der Waals surface area contributed by atoms with Gasteiger partial charge in [-0.25, -0.2) is 0 Å². The second kappa shape index (κ2) is 5.00. The van der Waals surface area contributed by atoms with Gasteiger partial charge in [-0.2, -0.15) is 4.37 Å². The Kier molecular flexibility index (Phi) is 3.35. The number of nitrogen functional groups attached to an aromatic ring is 1. The molecule has 104 valence electrons. The molecule has 5 nitrogen and oxygen atoms in total. The lowest BCUT2D eigenvalue weighted by atomic mass is 9.92. The van der Waals surface area contributed by atoms with Crippen molar-refractivity contribution in [2.75, 3.05) is 24.2 Å². The lowest BCUT2D eigenvalue weighted by molar-refractivity contribution is 0.0964. The fourth-order valence-corrected chi connectivity index (χ4v) is 4.43. The van der Waals surface area contributed by atoms with Gasteiger partial charge >= 0.3 is 0 Å². The average molecular weight is 280 g/mol. The Balaban J connectivity index is 1.95. The van der Waals surface area contributed by atoms with Crippen molar-refractivity contribution in [3.8, 4) is 0 Å². The van der Waals surface area contributed by atoms with Gasteiger partial charge in [0.25, 0.3) is 5.91 Å². The van der Waals surface area contributed by atoms with Crippen molar-refractivity contribution in [1.82, 2.24) is 9.69 Å². The number of hydrogen-bond donors (Lipinski definition) is 2. The van der Waals surface area contributed by atoms with E-state index >= 15 is 0 Å². The van der Waals surface area contributed by atoms with Crippen molar-refractivity contribution in [1.29, 1.82) is 0 Å². The van der Waals surface area contributed by atoms with Crippen LogP contribution in [0.5, 0.6) is 0 Å². The van der Waals surface area contributed by atoms with Crippen molar-refractivity contribution < 1.29 is 4.79 Å². The van der Waals surface area contributed by atoms with E-state index in [2.05, 4.69) is 14.6 Å². The number of carbonyl (C=O) groups excluding carboxylic acids is 1. The van der Waals surface area contributed by atoms with Crippen LogP contribution in [0.3, 0.4) is 0 Å². The first-order valence-corrected chi connectivity index (χ1v) is 7.73. The van der Waals surface area contributed by atoms with Crippen LogP contribution in [0.1, 0.15) is 42.5 Å². The van der Waals surface area contributed by atoms with Gasteiger partial charge in [0.1, 0.15) is 10.6 Å². The third-order valence-corrected chi connectivity index (χ3v) is 5.31. The van der Waals surface area contributed by atoms with Gasteiger partial charge < -0.3 is 16.0 Å². The number of aromatic nitrogens is 1. The molecule has 3 N–H and O–H groups in total. The molecule has 1 aliphatic carbocycles. The van der Waals surface area contributed by atoms with E-state index in [1.54, 1.807) is 7.05 Å². The maximum atomic E-state index is 12.0. The Labute approximate surface area is 117 Å². The first-order chi connectivity index (χ1) is 9.22. The summed E-state index contributed by atoms with van der Waals surface area (Å²) in [5, 5.41) is 3.63. The highest BCUT2D eigenvalue weighted by Gasteiger charge is 2.37. The molecule has 2 atom stereocenters. The van der Waals surface area contributed by atoms with Crippen LogP contribution >= 0.6 is 11.5 Å². The third kappa shape index (κ3) is 2.08. The number of hydrogen-bond acceptors (Lipinski definition) is 5. The Hall–Kier alpha value is -1.30. The van der Waals surface area contributed by atoms with E-state index in [1.807, 2.05) is 0 Å². The van der Waals surface area contributed by atoms with Crippen LogP contribution in [-0.4, -0.2) is 29.9 Å². The monoisotopic (exact) mass is 280 g/mol. The van der Waals surface area contributed by atoms with Gasteiger partial charge in [-0.3, -0.25) is 4.79 Å². The fourth-order valence-electron chi connectivity index (χ4n) is 3.53. The predicted molar refractivity (Wildman–Crippen MR) is 77.6 cm³/mol. The van der Waals surface area contributed by atoms with E-state index in [4.69, 9.17) is 5.73 Å². The molecule has 0 bridgehead atoms. The van der Waals surface area contributed by atoms with E-state index in [9.17, 15) is 4.79 Å². The molecule has 3 rings (SSSR count). The summed E-state index contributed by atoms with van der Waals surface area (Å²) < 4.78 is 4.19. The Morgan fingerprint density at radius 2 is 2.21 bits per heavy atom. The molecule has 1 saturated carbocycles. The summed E-state index contributed by atoms with van der Waals surface area (Å²) >= 11 is 1.37. The summed E-state index contributed by atoms with van der Waals surface area (Å²) in [5.41, 5.74) is 6.44. The van der Waals surface area contributed by atoms with Crippen LogP contribution in [0.2, 0.25) is 0 Å². The molecule has 1 saturated heterocycles. The molecule has 2 heterocycles. The molecule has 1 aromatic rings. The van der Waals surface area contributed by atoms with Crippen molar-refractivity contribution in [2.45, 2.75) is 38.1 Å². The number of carbonyl (C=O) groups is 1. The van der Waals surface area contributed by atoms with Gasteiger partial charge in [-0.15, -0.1) is 0 Å². The number of fused-ring (bicyclic) bond motifs is 1. The van der Waals surface area contributed by atoms with Crippen LogP contribution in [0.25, 0.3) is 0 Å². The molecule has 0 radical (unpaired) electrons. The molecule has 0 aromatic carbocycles. The van der Waals surface area contributed by atoms with Crippen LogP contribution in [-0.2, 0) is 0 Å². The molecule has 2 unspecified atom stereocenters. The van der Waals surface area contributed by atoms with Crippen LogP contribution < -0.4 is 16.0 Å². The quantitative estimate of drug-likeness (QED) is 0.867. The number of nitrogens with zero attached hydrogens (tertiary/aromatic N) is 2. The fraction of sp³-hybridized carbons (Fsp3) is 0.692. The summed E-state index contributed by atoms with van der Waals surface area (Å²) in [5.74, 6) is 1.02. The van der Waals surface area contributed by atoms with Gasteiger partial charge in [0.2, 0.25) is 0 Å². The lowest BCUT2D eigenvalue weighted by Gasteiger charge is -2.38. The second-order valence-electron chi connectivity index (χ2n) is 5.42. The first-order valence-electron chi connectivity index (χ1n) is 6.96. The molecule has 19 heavy (non-hydrogen) atoms.